The first-order valence-electron chi connectivity index (χ1n) is 4.25. The lowest BCUT2D eigenvalue weighted by molar-refractivity contribution is 0.159. The van der Waals surface area contributed by atoms with Gasteiger partial charge < -0.3 is 4.74 Å². The van der Waals surface area contributed by atoms with Crippen LogP contribution in [0.4, 0.5) is 0 Å². The highest BCUT2D eigenvalue weighted by molar-refractivity contribution is 14.1. The van der Waals surface area contributed by atoms with Crippen molar-refractivity contribution in [3.05, 3.63) is 33.4 Å². The number of rotatable bonds is 0. The monoisotopic (exact) mass is 286 g/mol. The van der Waals surface area contributed by atoms with Gasteiger partial charge in [-0.15, -0.1) is 0 Å². The molecule has 0 N–H and O–H groups in total. The second kappa shape index (κ2) is 3.01. The molecule has 1 aliphatic heterocycles. The summed E-state index contributed by atoms with van der Waals surface area (Å²) in [6.45, 7) is 4.12. The van der Waals surface area contributed by atoms with Gasteiger partial charge >= 0.3 is 0 Å². The van der Waals surface area contributed by atoms with Crippen LogP contribution in [0.2, 0.25) is 0 Å². The normalized spacial score (nSPS) is 17.8. The zero-order chi connectivity index (χ0) is 9.47. The van der Waals surface area contributed by atoms with E-state index in [1.165, 1.54) is 9.13 Å². The lowest BCUT2D eigenvalue weighted by atomic mass is 10.0. The molecule has 0 atom stereocenters. The molecule has 0 aromatic heterocycles. The van der Waals surface area contributed by atoms with Crippen LogP contribution in [0, 0.1) is 3.57 Å². The standard InChI is InChI=1S/C11H11IO/c1-11(2)7-6-8-9(12)4-3-5-10(8)13-11/h3-7H,1-2H3. The van der Waals surface area contributed by atoms with E-state index in [9.17, 15) is 0 Å². The van der Waals surface area contributed by atoms with Crippen LogP contribution >= 0.6 is 22.6 Å². The fourth-order valence-corrected chi connectivity index (χ4v) is 2.02. The van der Waals surface area contributed by atoms with Gasteiger partial charge in [-0.05, 0) is 54.6 Å². The Hall–Kier alpha value is -0.510. The van der Waals surface area contributed by atoms with Crippen LogP contribution in [0.5, 0.6) is 5.75 Å². The van der Waals surface area contributed by atoms with Gasteiger partial charge in [-0.1, -0.05) is 12.1 Å². The van der Waals surface area contributed by atoms with Gasteiger partial charge in [0.05, 0.1) is 0 Å². The third kappa shape index (κ3) is 1.73. The Morgan fingerprint density at radius 1 is 1.31 bits per heavy atom. The number of halogens is 1. The highest BCUT2D eigenvalue weighted by Crippen LogP contribution is 2.33. The van der Waals surface area contributed by atoms with E-state index in [2.05, 4.69) is 54.7 Å². The lowest BCUT2D eigenvalue weighted by Crippen LogP contribution is -2.27. The Bertz CT molecular complexity index is 366. The van der Waals surface area contributed by atoms with Crippen molar-refractivity contribution in [3.8, 4) is 5.75 Å². The maximum absolute atomic E-state index is 5.81. The molecule has 0 saturated heterocycles. The summed E-state index contributed by atoms with van der Waals surface area (Å²) < 4.78 is 7.05. The molecule has 2 heteroatoms. The molecule has 0 amide bonds. The number of hydrogen-bond acceptors (Lipinski definition) is 1. The summed E-state index contributed by atoms with van der Waals surface area (Å²) in [7, 11) is 0. The van der Waals surface area contributed by atoms with E-state index in [1.54, 1.807) is 0 Å². The molecule has 0 unspecified atom stereocenters. The van der Waals surface area contributed by atoms with Crippen molar-refractivity contribution >= 4 is 28.7 Å². The molecule has 1 aliphatic rings. The van der Waals surface area contributed by atoms with Gasteiger partial charge in [-0.3, -0.25) is 0 Å². The van der Waals surface area contributed by atoms with Gasteiger partial charge in [0.15, 0.2) is 0 Å². The summed E-state index contributed by atoms with van der Waals surface area (Å²) in [5.74, 6) is 0.986. The van der Waals surface area contributed by atoms with E-state index in [-0.39, 0.29) is 5.60 Å². The van der Waals surface area contributed by atoms with E-state index in [4.69, 9.17) is 4.74 Å². The van der Waals surface area contributed by atoms with Gasteiger partial charge in [0, 0.05) is 9.13 Å². The SMILES string of the molecule is CC1(C)C=Cc2c(I)cccc2O1. The summed E-state index contributed by atoms with van der Waals surface area (Å²) in [4.78, 5) is 0. The molecule has 0 saturated carbocycles. The maximum atomic E-state index is 5.81. The molecule has 2 rings (SSSR count). The van der Waals surface area contributed by atoms with Gasteiger partial charge in [0.25, 0.3) is 0 Å². The third-order valence-corrected chi connectivity index (χ3v) is 2.98. The van der Waals surface area contributed by atoms with Crippen LogP contribution in [0.15, 0.2) is 24.3 Å². The second-order valence-corrected chi connectivity index (χ2v) is 4.85. The van der Waals surface area contributed by atoms with Crippen molar-refractivity contribution in [2.24, 2.45) is 0 Å². The molecule has 1 aromatic rings. The Morgan fingerprint density at radius 3 is 2.85 bits per heavy atom. The van der Waals surface area contributed by atoms with E-state index in [0.29, 0.717) is 0 Å². The first-order valence-corrected chi connectivity index (χ1v) is 5.33. The van der Waals surface area contributed by atoms with Crippen molar-refractivity contribution in [2.75, 3.05) is 0 Å². The third-order valence-electron chi connectivity index (χ3n) is 2.04. The van der Waals surface area contributed by atoms with E-state index < -0.39 is 0 Å². The summed E-state index contributed by atoms with van der Waals surface area (Å²) in [6, 6.07) is 6.13. The van der Waals surface area contributed by atoms with Crippen molar-refractivity contribution < 1.29 is 4.74 Å². The van der Waals surface area contributed by atoms with Gasteiger partial charge in [-0.2, -0.15) is 0 Å². The first kappa shape index (κ1) is 9.06. The molecule has 0 aliphatic carbocycles. The molecule has 1 aromatic carbocycles. The topological polar surface area (TPSA) is 9.23 Å². The average molecular weight is 286 g/mol. The van der Waals surface area contributed by atoms with Gasteiger partial charge in [0.2, 0.25) is 0 Å². The van der Waals surface area contributed by atoms with Gasteiger partial charge in [0.1, 0.15) is 11.4 Å². The van der Waals surface area contributed by atoms with Crippen LogP contribution < -0.4 is 4.74 Å². The van der Waals surface area contributed by atoms with Crippen LogP contribution in [0.25, 0.3) is 6.08 Å². The minimum absolute atomic E-state index is 0.169. The Morgan fingerprint density at radius 2 is 2.08 bits per heavy atom. The Labute approximate surface area is 91.9 Å². The number of ether oxygens (including phenoxy) is 1. The Kier molecular flexibility index (Phi) is 2.10. The molecule has 0 fully saturated rings. The van der Waals surface area contributed by atoms with Crippen molar-refractivity contribution in [1.82, 2.24) is 0 Å². The molecule has 1 heterocycles. The van der Waals surface area contributed by atoms with Crippen molar-refractivity contribution in [3.63, 3.8) is 0 Å². The summed E-state index contributed by atoms with van der Waals surface area (Å²) in [5, 5.41) is 0. The summed E-state index contributed by atoms with van der Waals surface area (Å²) in [5.41, 5.74) is 1.03. The number of benzene rings is 1. The fourth-order valence-electron chi connectivity index (χ4n) is 1.37. The zero-order valence-electron chi connectivity index (χ0n) is 7.67. The quantitative estimate of drug-likeness (QED) is 0.663. The van der Waals surface area contributed by atoms with Crippen LogP contribution in [0.3, 0.4) is 0 Å². The molecule has 1 nitrogen and oxygen atoms in total. The zero-order valence-corrected chi connectivity index (χ0v) is 9.83. The van der Waals surface area contributed by atoms with E-state index in [1.807, 2.05) is 12.1 Å². The molecule has 0 radical (unpaired) electrons. The second-order valence-electron chi connectivity index (χ2n) is 3.69. The predicted octanol–water partition coefficient (Wildman–Crippen LogP) is 3.48. The average Bonchev–Trinajstić information content (AvgIpc) is 2.02. The summed E-state index contributed by atoms with van der Waals surface area (Å²) >= 11 is 2.32. The molecular weight excluding hydrogens is 275 g/mol. The van der Waals surface area contributed by atoms with Crippen molar-refractivity contribution in [1.29, 1.82) is 0 Å². The van der Waals surface area contributed by atoms with Gasteiger partial charge in [-0.25, -0.2) is 0 Å². The predicted molar refractivity (Wildman–Crippen MR) is 62.9 cm³/mol. The molecule has 13 heavy (non-hydrogen) atoms. The highest BCUT2D eigenvalue weighted by Gasteiger charge is 2.21. The van der Waals surface area contributed by atoms with E-state index >= 15 is 0 Å². The molecule has 68 valence electrons. The van der Waals surface area contributed by atoms with Crippen molar-refractivity contribution in [2.45, 2.75) is 19.4 Å². The molecule has 0 bridgehead atoms. The largest absolute Gasteiger partial charge is 0.483 e. The lowest BCUT2D eigenvalue weighted by Gasteiger charge is -2.28. The highest BCUT2D eigenvalue weighted by atomic mass is 127. The molecule has 0 spiro atoms. The summed E-state index contributed by atoms with van der Waals surface area (Å²) in [6.07, 6.45) is 4.23. The smallest absolute Gasteiger partial charge is 0.128 e. The number of hydrogen-bond donors (Lipinski definition) is 0. The van der Waals surface area contributed by atoms with Crippen LogP contribution in [-0.4, -0.2) is 5.60 Å². The number of fused-ring (bicyclic) bond motifs is 1. The minimum Gasteiger partial charge on any atom is -0.483 e. The van der Waals surface area contributed by atoms with Crippen LogP contribution in [-0.2, 0) is 0 Å². The van der Waals surface area contributed by atoms with Crippen LogP contribution in [0.1, 0.15) is 19.4 Å². The fraction of sp³-hybridized carbons (Fsp3) is 0.273. The van der Waals surface area contributed by atoms with E-state index in [0.717, 1.165) is 5.75 Å². The maximum Gasteiger partial charge on any atom is 0.128 e. The molecular formula is C11H11IO. The first-order chi connectivity index (χ1) is 6.08. The minimum atomic E-state index is -0.169. The Balaban J connectivity index is 2.53.